The molecule has 0 spiro atoms. The van der Waals surface area contributed by atoms with E-state index >= 15 is 0 Å². The summed E-state index contributed by atoms with van der Waals surface area (Å²) in [7, 11) is 0. The Balaban J connectivity index is 2.08. The minimum absolute atomic E-state index is 0.0647. The molecule has 0 saturated heterocycles. The largest absolute Gasteiger partial charge is 0.351 e. The van der Waals surface area contributed by atoms with Crippen LogP contribution in [0.3, 0.4) is 0 Å². The average molecular weight is 366 g/mol. The van der Waals surface area contributed by atoms with Crippen LogP contribution in [-0.2, 0) is 6.54 Å². The van der Waals surface area contributed by atoms with Gasteiger partial charge in [-0.25, -0.2) is 4.98 Å². The Morgan fingerprint density at radius 2 is 1.89 bits per heavy atom. The van der Waals surface area contributed by atoms with Crippen LogP contribution >= 0.6 is 0 Å². The van der Waals surface area contributed by atoms with Crippen molar-refractivity contribution in [1.29, 1.82) is 0 Å². The number of anilines is 2. The first-order valence-corrected chi connectivity index (χ1v) is 9.66. The molecule has 0 saturated carbocycles. The van der Waals surface area contributed by atoms with Gasteiger partial charge in [-0.1, -0.05) is 37.3 Å². The number of aromatic nitrogens is 4. The minimum Gasteiger partial charge on any atom is -0.351 e. The molecule has 2 aromatic heterocycles. The summed E-state index contributed by atoms with van der Waals surface area (Å²) < 4.78 is 2.09. The molecule has 0 fully saturated rings. The molecule has 3 rings (SSSR count). The van der Waals surface area contributed by atoms with E-state index in [1.165, 1.54) is 5.56 Å². The van der Waals surface area contributed by atoms with Gasteiger partial charge in [0, 0.05) is 25.2 Å². The maximum absolute atomic E-state index is 4.82. The van der Waals surface area contributed by atoms with Crippen molar-refractivity contribution < 1.29 is 0 Å². The molecule has 1 aromatic carbocycles. The number of rotatable bonds is 8. The second-order valence-corrected chi connectivity index (χ2v) is 7.04. The lowest BCUT2D eigenvalue weighted by molar-refractivity contribution is 0.612. The van der Waals surface area contributed by atoms with E-state index in [2.05, 4.69) is 78.7 Å². The van der Waals surface area contributed by atoms with Crippen LogP contribution in [0.2, 0.25) is 0 Å². The van der Waals surface area contributed by atoms with Crippen molar-refractivity contribution in [3.63, 3.8) is 0 Å². The predicted octanol–water partition coefficient (Wildman–Crippen LogP) is 4.46. The molecule has 143 valence electrons. The molecule has 2 heterocycles. The topological polar surface area (TPSA) is 58.9 Å². The molecule has 1 N–H and O–H groups in total. The summed E-state index contributed by atoms with van der Waals surface area (Å²) in [6, 6.07) is 10.8. The molecule has 0 amide bonds. The summed E-state index contributed by atoms with van der Waals surface area (Å²) in [5.74, 6) is 1.46. The summed E-state index contributed by atoms with van der Waals surface area (Å²) in [4.78, 5) is 16.4. The first-order valence-electron chi connectivity index (χ1n) is 9.66. The first-order chi connectivity index (χ1) is 13.0. The van der Waals surface area contributed by atoms with Crippen LogP contribution in [0.25, 0.3) is 11.2 Å². The summed E-state index contributed by atoms with van der Waals surface area (Å²) >= 11 is 0. The van der Waals surface area contributed by atoms with E-state index in [4.69, 9.17) is 9.97 Å². The van der Waals surface area contributed by atoms with Crippen molar-refractivity contribution in [2.45, 2.75) is 52.7 Å². The van der Waals surface area contributed by atoms with Crippen molar-refractivity contribution in [3.8, 4) is 0 Å². The van der Waals surface area contributed by atoms with Gasteiger partial charge >= 0.3 is 0 Å². The van der Waals surface area contributed by atoms with Crippen LogP contribution in [0, 0.1) is 6.92 Å². The number of nitrogens with one attached hydrogen (secondary N) is 1. The van der Waals surface area contributed by atoms with Gasteiger partial charge in [-0.15, -0.1) is 0 Å². The standard InChI is InChI=1S/C21H29N6/c1-6-16(5)23-21-24-19(18-20(25-21)27(14-22-18)15(3)4)26(7-2)13-17-11-9-8-10-12-17/h8-12,14-16H,5-7,13H2,1-4H3,(H,23,24,25)/t16-/m1/s1. The van der Waals surface area contributed by atoms with E-state index in [9.17, 15) is 0 Å². The van der Waals surface area contributed by atoms with Crippen LogP contribution in [0.5, 0.6) is 0 Å². The highest BCUT2D eigenvalue weighted by Gasteiger charge is 2.19. The van der Waals surface area contributed by atoms with E-state index in [0.29, 0.717) is 5.95 Å². The Labute approximate surface area is 161 Å². The summed E-state index contributed by atoms with van der Waals surface area (Å²) in [6.07, 6.45) is 2.76. The zero-order chi connectivity index (χ0) is 19.4. The molecule has 1 radical (unpaired) electrons. The third-order valence-corrected chi connectivity index (χ3v) is 4.68. The van der Waals surface area contributed by atoms with E-state index < -0.39 is 0 Å². The van der Waals surface area contributed by atoms with E-state index in [1.807, 2.05) is 12.4 Å². The van der Waals surface area contributed by atoms with Crippen molar-refractivity contribution in [2.75, 3.05) is 16.8 Å². The third kappa shape index (κ3) is 4.21. The molecule has 6 nitrogen and oxygen atoms in total. The van der Waals surface area contributed by atoms with Crippen molar-refractivity contribution in [2.24, 2.45) is 0 Å². The fourth-order valence-corrected chi connectivity index (χ4v) is 2.99. The molecule has 0 aliphatic heterocycles. The summed E-state index contributed by atoms with van der Waals surface area (Å²) in [5.41, 5.74) is 2.93. The third-order valence-electron chi connectivity index (χ3n) is 4.68. The highest BCUT2D eigenvalue weighted by molar-refractivity contribution is 5.85. The Morgan fingerprint density at radius 1 is 1.15 bits per heavy atom. The predicted molar refractivity (Wildman–Crippen MR) is 112 cm³/mol. The van der Waals surface area contributed by atoms with Crippen molar-refractivity contribution >= 4 is 22.9 Å². The Morgan fingerprint density at radius 3 is 2.52 bits per heavy atom. The highest BCUT2D eigenvalue weighted by Crippen LogP contribution is 2.27. The number of imidazole rings is 1. The summed E-state index contributed by atoms with van der Waals surface area (Å²) in [5, 5.41) is 3.32. The molecule has 0 aliphatic rings. The molecular formula is C21H29N6. The van der Waals surface area contributed by atoms with Gasteiger partial charge in [-0.2, -0.15) is 9.97 Å². The van der Waals surface area contributed by atoms with Crippen LogP contribution in [0.15, 0.2) is 36.7 Å². The first kappa shape index (κ1) is 19.1. The van der Waals surface area contributed by atoms with Gasteiger partial charge in [-0.3, -0.25) is 0 Å². The summed E-state index contributed by atoms with van der Waals surface area (Å²) in [6.45, 7) is 14.2. The normalized spacial score (nSPS) is 12.5. The quantitative estimate of drug-likeness (QED) is 0.639. The van der Waals surface area contributed by atoms with Gasteiger partial charge in [0.25, 0.3) is 0 Å². The number of nitrogens with zero attached hydrogens (tertiary/aromatic N) is 5. The molecule has 3 aromatic rings. The fourth-order valence-electron chi connectivity index (χ4n) is 2.99. The highest BCUT2D eigenvalue weighted by atomic mass is 15.3. The van der Waals surface area contributed by atoms with Crippen LogP contribution in [0.1, 0.15) is 45.7 Å². The van der Waals surface area contributed by atoms with E-state index in [1.54, 1.807) is 0 Å². The van der Waals surface area contributed by atoms with Gasteiger partial charge in [0.1, 0.15) is 0 Å². The maximum Gasteiger partial charge on any atom is 0.227 e. The minimum atomic E-state index is 0.0647. The zero-order valence-corrected chi connectivity index (χ0v) is 16.7. The van der Waals surface area contributed by atoms with Crippen LogP contribution < -0.4 is 10.2 Å². The lowest BCUT2D eigenvalue weighted by Gasteiger charge is -2.23. The van der Waals surface area contributed by atoms with Gasteiger partial charge in [0.15, 0.2) is 17.0 Å². The number of hydrogen-bond donors (Lipinski definition) is 1. The monoisotopic (exact) mass is 365 g/mol. The molecular weight excluding hydrogens is 336 g/mol. The van der Waals surface area contributed by atoms with Gasteiger partial charge in [0.2, 0.25) is 5.95 Å². The number of hydrogen-bond acceptors (Lipinski definition) is 5. The molecule has 0 bridgehead atoms. The second kappa shape index (κ2) is 8.37. The molecule has 0 unspecified atom stereocenters. The van der Waals surface area contributed by atoms with Gasteiger partial charge < -0.3 is 14.8 Å². The van der Waals surface area contributed by atoms with Crippen molar-refractivity contribution in [3.05, 3.63) is 49.1 Å². The molecule has 6 heteroatoms. The van der Waals surface area contributed by atoms with Gasteiger partial charge in [-0.05, 0) is 39.7 Å². The van der Waals surface area contributed by atoms with E-state index in [0.717, 1.165) is 36.5 Å². The molecule has 0 aliphatic carbocycles. The molecule has 27 heavy (non-hydrogen) atoms. The maximum atomic E-state index is 4.82. The lowest BCUT2D eigenvalue weighted by atomic mass is 10.2. The lowest BCUT2D eigenvalue weighted by Crippen LogP contribution is -2.25. The number of fused-ring (bicyclic) bond motifs is 1. The Bertz CT molecular complexity index is 871. The number of benzene rings is 1. The Kier molecular flexibility index (Phi) is 5.94. The van der Waals surface area contributed by atoms with Gasteiger partial charge in [0.05, 0.1) is 6.33 Å². The second-order valence-electron chi connectivity index (χ2n) is 7.04. The van der Waals surface area contributed by atoms with Crippen molar-refractivity contribution in [1.82, 2.24) is 19.5 Å². The molecule has 1 atom stereocenters. The van der Waals surface area contributed by atoms with Crippen LogP contribution in [0.4, 0.5) is 11.8 Å². The average Bonchev–Trinajstić information content (AvgIpc) is 3.10. The Hall–Kier alpha value is -2.63. The zero-order valence-electron chi connectivity index (χ0n) is 16.7. The van der Waals surface area contributed by atoms with E-state index in [-0.39, 0.29) is 12.1 Å². The smallest absolute Gasteiger partial charge is 0.227 e. The SMILES string of the molecule is [CH2][C@H](CC)Nc1nc(N(CC)Cc2ccccc2)c2ncn(C(C)C)c2n1. The fraction of sp³-hybridized carbons (Fsp3) is 0.429. The van der Waals surface area contributed by atoms with Crippen LogP contribution in [-0.4, -0.2) is 32.1 Å².